The van der Waals surface area contributed by atoms with Gasteiger partial charge in [0, 0.05) is 0 Å². The van der Waals surface area contributed by atoms with Gasteiger partial charge in [-0.1, -0.05) is 34.6 Å². The summed E-state index contributed by atoms with van der Waals surface area (Å²) >= 11 is 0. The first-order chi connectivity index (χ1) is 5.43. The van der Waals surface area contributed by atoms with Gasteiger partial charge in [0.15, 0.2) is 0 Å². The van der Waals surface area contributed by atoms with Crippen molar-refractivity contribution in [3.05, 3.63) is 0 Å². The fraction of sp³-hybridized carbons (Fsp3) is 1.00. The zero-order chi connectivity index (χ0) is 9.72. The van der Waals surface area contributed by atoms with Gasteiger partial charge in [-0.3, -0.25) is 0 Å². The fourth-order valence-electron chi connectivity index (χ4n) is 1.57. The lowest BCUT2D eigenvalue weighted by molar-refractivity contribution is 0.185. The Hall–Kier alpha value is -0.0700. The second kappa shape index (κ2) is 5.55. The van der Waals surface area contributed by atoms with Gasteiger partial charge in [0.2, 0.25) is 0 Å². The molecule has 0 amide bonds. The van der Waals surface area contributed by atoms with Crippen LogP contribution in [0.4, 0.5) is 4.39 Å². The van der Waals surface area contributed by atoms with E-state index >= 15 is 0 Å². The molecule has 0 aromatic rings. The minimum absolute atomic E-state index is 0.229. The van der Waals surface area contributed by atoms with Crippen molar-refractivity contribution < 1.29 is 4.39 Å². The number of rotatable bonds is 5. The highest BCUT2D eigenvalue weighted by Gasteiger charge is 2.18. The maximum atomic E-state index is 13.4. The van der Waals surface area contributed by atoms with E-state index in [1.165, 1.54) is 0 Å². The van der Waals surface area contributed by atoms with Crippen LogP contribution < -0.4 is 0 Å². The molecule has 0 aliphatic rings. The third-order valence-electron chi connectivity index (χ3n) is 2.16. The summed E-state index contributed by atoms with van der Waals surface area (Å²) in [7, 11) is 0. The minimum atomic E-state index is -0.604. The van der Waals surface area contributed by atoms with E-state index in [0.29, 0.717) is 18.3 Å². The van der Waals surface area contributed by atoms with Crippen molar-refractivity contribution in [1.82, 2.24) is 0 Å². The molecule has 0 saturated heterocycles. The number of hydrogen-bond donors (Lipinski definition) is 0. The van der Waals surface area contributed by atoms with Crippen LogP contribution in [0.5, 0.6) is 0 Å². The SMILES string of the molecule is CC(C)CC(C)C(F)CC(C)C. The van der Waals surface area contributed by atoms with Crippen molar-refractivity contribution in [1.29, 1.82) is 0 Å². The molecule has 0 fully saturated rings. The van der Waals surface area contributed by atoms with E-state index in [9.17, 15) is 4.39 Å². The van der Waals surface area contributed by atoms with Gasteiger partial charge in [0.25, 0.3) is 0 Å². The van der Waals surface area contributed by atoms with E-state index in [1.807, 2.05) is 6.92 Å². The predicted octanol–water partition coefficient (Wildman–Crippen LogP) is 4.05. The average molecular weight is 174 g/mol. The Morgan fingerprint density at radius 1 is 0.833 bits per heavy atom. The van der Waals surface area contributed by atoms with Crippen LogP contribution in [0.25, 0.3) is 0 Å². The van der Waals surface area contributed by atoms with Crippen LogP contribution in [0, 0.1) is 17.8 Å². The van der Waals surface area contributed by atoms with Gasteiger partial charge < -0.3 is 0 Å². The summed E-state index contributed by atoms with van der Waals surface area (Å²) in [6.45, 7) is 10.5. The zero-order valence-electron chi connectivity index (χ0n) is 9.10. The summed E-state index contributed by atoms with van der Waals surface area (Å²) in [6, 6.07) is 0. The van der Waals surface area contributed by atoms with Gasteiger partial charge in [-0.15, -0.1) is 0 Å². The molecule has 0 aromatic carbocycles. The molecule has 2 atom stereocenters. The molecule has 0 N–H and O–H groups in total. The van der Waals surface area contributed by atoms with E-state index < -0.39 is 6.17 Å². The molecule has 0 aromatic heterocycles. The molecule has 1 heteroatoms. The molecule has 0 nitrogen and oxygen atoms in total. The lowest BCUT2D eigenvalue weighted by atomic mass is 9.90. The number of halogens is 1. The smallest absolute Gasteiger partial charge is 0.103 e. The van der Waals surface area contributed by atoms with Crippen molar-refractivity contribution in [2.24, 2.45) is 17.8 Å². The maximum Gasteiger partial charge on any atom is 0.103 e. The fourth-order valence-corrected chi connectivity index (χ4v) is 1.57. The first-order valence-corrected chi connectivity index (χ1v) is 5.07. The third-order valence-corrected chi connectivity index (χ3v) is 2.16. The largest absolute Gasteiger partial charge is 0.247 e. The van der Waals surface area contributed by atoms with Crippen molar-refractivity contribution in [2.45, 2.75) is 53.6 Å². The second-order valence-electron chi connectivity index (χ2n) is 4.75. The zero-order valence-corrected chi connectivity index (χ0v) is 9.10. The monoisotopic (exact) mass is 174 g/mol. The molecule has 0 aliphatic heterocycles. The lowest BCUT2D eigenvalue weighted by Gasteiger charge is -2.19. The number of hydrogen-bond acceptors (Lipinski definition) is 0. The predicted molar refractivity (Wildman–Crippen MR) is 53.0 cm³/mol. The third kappa shape index (κ3) is 5.56. The minimum Gasteiger partial charge on any atom is -0.247 e. The highest BCUT2D eigenvalue weighted by Crippen LogP contribution is 2.22. The van der Waals surface area contributed by atoms with Gasteiger partial charge in [0.05, 0.1) is 0 Å². The molecule has 2 unspecified atom stereocenters. The summed E-state index contributed by atoms with van der Waals surface area (Å²) in [5.74, 6) is 1.33. The normalized spacial score (nSPS) is 17.0. The van der Waals surface area contributed by atoms with Crippen molar-refractivity contribution in [2.75, 3.05) is 0 Å². The van der Waals surface area contributed by atoms with E-state index in [0.717, 1.165) is 6.42 Å². The molecular weight excluding hydrogens is 151 g/mol. The van der Waals surface area contributed by atoms with Gasteiger partial charge in [0.1, 0.15) is 6.17 Å². The molecule has 0 heterocycles. The molecule has 0 rings (SSSR count). The highest BCUT2D eigenvalue weighted by atomic mass is 19.1. The average Bonchev–Trinajstić information content (AvgIpc) is 1.84. The molecule has 12 heavy (non-hydrogen) atoms. The number of alkyl halides is 1. The summed E-state index contributed by atoms with van der Waals surface area (Å²) in [5, 5.41) is 0. The van der Waals surface area contributed by atoms with E-state index in [1.54, 1.807) is 0 Å². The summed E-state index contributed by atoms with van der Waals surface area (Å²) in [5.41, 5.74) is 0. The van der Waals surface area contributed by atoms with Crippen molar-refractivity contribution >= 4 is 0 Å². The van der Waals surface area contributed by atoms with E-state index in [2.05, 4.69) is 27.7 Å². The second-order valence-corrected chi connectivity index (χ2v) is 4.75. The van der Waals surface area contributed by atoms with Crippen LogP contribution in [-0.4, -0.2) is 6.17 Å². The Balaban J connectivity index is 3.68. The highest BCUT2D eigenvalue weighted by molar-refractivity contribution is 4.67. The van der Waals surface area contributed by atoms with Crippen molar-refractivity contribution in [3.8, 4) is 0 Å². The van der Waals surface area contributed by atoms with Crippen LogP contribution >= 0.6 is 0 Å². The standard InChI is InChI=1S/C11H23F/c1-8(2)6-10(5)11(12)7-9(3)4/h8-11H,6-7H2,1-5H3. The summed E-state index contributed by atoms with van der Waals surface area (Å²) < 4.78 is 13.4. The Labute approximate surface area is 76.6 Å². The molecule has 0 bridgehead atoms. The Morgan fingerprint density at radius 3 is 1.58 bits per heavy atom. The quantitative estimate of drug-likeness (QED) is 0.589. The van der Waals surface area contributed by atoms with Gasteiger partial charge >= 0.3 is 0 Å². The molecule has 0 radical (unpaired) electrons. The molecule has 74 valence electrons. The van der Waals surface area contributed by atoms with E-state index in [4.69, 9.17) is 0 Å². The Kier molecular flexibility index (Phi) is 5.52. The van der Waals surface area contributed by atoms with E-state index in [-0.39, 0.29) is 5.92 Å². The first kappa shape index (κ1) is 11.9. The molecular formula is C11H23F. The van der Waals surface area contributed by atoms with Gasteiger partial charge in [-0.2, -0.15) is 0 Å². The van der Waals surface area contributed by atoms with Crippen LogP contribution in [0.3, 0.4) is 0 Å². The summed E-state index contributed by atoms with van der Waals surface area (Å²) in [6.07, 6.45) is 1.12. The van der Waals surface area contributed by atoms with Crippen molar-refractivity contribution in [3.63, 3.8) is 0 Å². The van der Waals surface area contributed by atoms with Crippen LogP contribution in [0.1, 0.15) is 47.5 Å². The molecule has 0 aliphatic carbocycles. The Morgan fingerprint density at radius 2 is 1.25 bits per heavy atom. The summed E-state index contributed by atoms with van der Waals surface area (Å²) in [4.78, 5) is 0. The van der Waals surface area contributed by atoms with Crippen LogP contribution in [0.15, 0.2) is 0 Å². The van der Waals surface area contributed by atoms with Crippen LogP contribution in [-0.2, 0) is 0 Å². The molecule has 0 saturated carbocycles. The molecule has 0 spiro atoms. The Bertz CT molecular complexity index is 93.6. The maximum absolute atomic E-state index is 13.4. The van der Waals surface area contributed by atoms with Crippen LogP contribution in [0.2, 0.25) is 0 Å². The topological polar surface area (TPSA) is 0 Å². The first-order valence-electron chi connectivity index (χ1n) is 5.07. The van der Waals surface area contributed by atoms with Gasteiger partial charge in [-0.25, -0.2) is 4.39 Å². The van der Waals surface area contributed by atoms with Gasteiger partial charge in [-0.05, 0) is 30.6 Å². The lowest BCUT2D eigenvalue weighted by Crippen LogP contribution is -2.16.